The van der Waals surface area contributed by atoms with Crippen molar-refractivity contribution in [3.8, 4) is 11.3 Å². The Morgan fingerprint density at radius 3 is 2.46 bits per heavy atom. The number of hydrogen-bond acceptors (Lipinski definition) is 3. The lowest BCUT2D eigenvalue weighted by atomic mass is 9.94. The van der Waals surface area contributed by atoms with Gasteiger partial charge in [0.2, 0.25) is 0 Å². The van der Waals surface area contributed by atoms with Gasteiger partial charge in [-0.25, -0.2) is 13.4 Å². The van der Waals surface area contributed by atoms with Gasteiger partial charge in [0, 0.05) is 23.7 Å². The Morgan fingerprint density at radius 1 is 1.04 bits per heavy atom. The van der Waals surface area contributed by atoms with Crippen molar-refractivity contribution in [2.45, 2.75) is 37.5 Å². The van der Waals surface area contributed by atoms with Crippen LogP contribution in [-0.2, 0) is 9.84 Å². The number of pyridine rings is 1. The number of imidazole rings is 1. The Hall–Kier alpha value is -2.40. The van der Waals surface area contributed by atoms with Gasteiger partial charge in [0.1, 0.15) is 5.65 Å². The van der Waals surface area contributed by atoms with Gasteiger partial charge in [-0.05, 0) is 68.0 Å². The number of rotatable bonds is 3. The van der Waals surface area contributed by atoms with Crippen molar-refractivity contribution in [2.75, 3.05) is 6.26 Å². The van der Waals surface area contributed by atoms with Crippen molar-refractivity contribution < 1.29 is 8.42 Å². The van der Waals surface area contributed by atoms with Crippen LogP contribution in [0.4, 0.5) is 0 Å². The Labute approximate surface area is 154 Å². The molecule has 26 heavy (non-hydrogen) atoms. The molecule has 1 aliphatic carbocycles. The van der Waals surface area contributed by atoms with E-state index in [-0.39, 0.29) is 0 Å². The maximum atomic E-state index is 11.6. The average molecular weight is 366 g/mol. The van der Waals surface area contributed by atoms with Gasteiger partial charge in [0.15, 0.2) is 9.84 Å². The number of benzene rings is 1. The minimum Gasteiger partial charge on any atom is -0.304 e. The zero-order valence-electron chi connectivity index (χ0n) is 15.1. The summed E-state index contributed by atoms with van der Waals surface area (Å²) in [5.74, 6) is 0. The van der Waals surface area contributed by atoms with Crippen LogP contribution in [0.1, 0.15) is 36.9 Å². The Kier molecular flexibility index (Phi) is 4.19. The molecule has 5 heteroatoms. The minimum atomic E-state index is -3.18. The molecule has 0 N–H and O–H groups in total. The lowest BCUT2D eigenvalue weighted by molar-refractivity contribution is 0.602. The first-order valence-electron chi connectivity index (χ1n) is 8.91. The second-order valence-corrected chi connectivity index (χ2v) is 9.03. The number of aromatic nitrogens is 2. The molecule has 3 aromatic rings. The molecule has 0 aliphatic heterocycles. The Morgan fingerprint density at radius 2 is 1.81 bits per heavy atom. The van der Waals surface area contributed by atoms with E-state index >= 15 is 0 Å². The number of hydrogen-bond donors (Lipinski definition) is 0. The molecule has 134 valence electrons. The van der Waals surface area contributed by atoms with Crippen LogP contribution < -0.4 is 0 Å². The highest BCUT2D eigenvalue weighted by Crippen LogP contribution is 2.29. The van der Waals surface area contributed by atoms with Crippen LogP contribution in [0.5, 0.6) is 0 Å². The van der Waals surface area contributed by atoms with Crippen LogP contribution in [0.25, 0.3) is 22.5 Å². The molecule has 0 radical (unpaired) electrons. The Balaban J connectivity index is 1.75. The minimum absolute atomic E-state index is 0.327. The number of nitrogens with zero attached hydrogens (tertiary/aromatic N) is 2. The molecule has 0 bridgehead atoms. The molecule has 4 nitrogen and oxygen atoms in total. The van der Waals surface area contributed by atoms with Gasteiger partial charge in [0.25, 0.3) is 0 Å². The van der Waals surface area contributed by atoms with Crippen molar-refractivity contribution in [2.24, 2.45) is 0 Å². The normalized spacial score (nSPS) is 15.2. The van der Waals surface area contributed by atoms with E-state index in [2.05, 4.69) is 29.5 Å². The molecule has 0 spiro atoms. The molecule has 2 heterocycles. The highest BCUT2D eigenvalue weighted by atomic mass is 32.2. The SMILES string of the molecule is Cc1cc(C2=CCCCC2)cc2nc(-c3ccc(S(C)(=O)=O)cc3)cn12. The molecule has 1 aromatic carbocycles. The van der Waals surface area contributed by atoms with Crippen molar-refractivity contribution in [3.63, 3.8) is 0 Å². The molecule has 0 unspecified atom stereocenters. The third-order valence-electron chi connectivity index (χ3n) is 5.00. The summed E-state index contributed by atoms with van der Waals surface area (Å²) in [6.07, 6.45) is 10.4. The maximum absolute atomic E-state index is 11.6. The van der Waals surface area contributed by atoms with Crippen LogP contribution in [-0.4, -0.2) is 24.1 Å². The van der Waals surface area contributed by atoms with Crippen molar-refractivity contribution in [1.29, 1.82) is 0 Å². The third-order valence-corrected chi connectivity index (χ3v) is 6.13. The molecule has 2 aromatic heterocycles. The zero-order valence-corrected chi connectivity index (χ0v) is 15.9. The summed E-state index contributed by atoms with van der Waals surface area (Å²) in [7, 11) is -3.18. The van der Waals surface area contributed by atoms with E-state index in [9.17, 15) is 8.42 Å². The standard InChI is InChI=1S/C21H22N2O2S/c1-15-12-18(16-6-4-3-5-7-16)13-21-22-20(14-23(15)21)17-8-10-19(11-9-17)26(2,24)25/h6,8-14H,3-5,7H2,1-2H3. The smallest absolute Gasteiger partial charge is 0.175 e. The third kappa shape index (κ3) is 3.19. The summed E-state index contributed by atoms with van der Waals surface area (Å²) in [5, 5.41) is 0. The highest BCUT2D eigenvalue weighted by Gasteiger charge is 2.12. The van der Waals surface area contributed by atoms with Crippen molar-refractivity contribution in [1.82, 2.24) is 9.38 Å². The molecule has 0 atom stereocenters. The second kappa shape index (κ2) is 6.40. The molecule has 0 saturated carbocycles. The molecule has 4 rings (SSSR count). The van der Waals surface area contributed by atoms with E-state index < -0.39 is 9.84 Å². The fraction of sp³-hybridized carbons (Fsp3) is 0.286. The van der Waals surface area contributed by atoms with Crippen LogP contribution in [0, 0.1) is 6.92 Å². The lowest BCUT2D eigenvalue weighted by Crippen LogP contribution is -1.96. The molecule has 1 aliphatic rings. The van der Waals surface area contributed by atoms with Gasteiger partial charge >= 0.3 is 0 Å². The van der Waals surface area contributed by atoms with E-state index in [4.69, 9.17) is 4.98 Å². The molecule has 0 fully saturated rings. The fourth-order valence-corrected chi connectivity index (χ4v) is 4.18. The summed E-state index contributed by atoms with van der Waals surface area (Å²) >= 11 is 0. The van der Waals surface area contributed by atoms with Gasteiger partial charge in [0.05, 0.1) is 10.6 Å². The summed E-state index contributed by atoms with van der Waals surface area (Å²) in [6, 6.07) is 11.3. The first-order valence-corrected chi connectivity index (χ1v) is 10.8. The summed E-state index contributed by atoms with van der Waals surface area (Å²) in [6.45, 7) is 2.10. The second-order valence-electron chi connectivity index (χ2n) is 7.01. The first kappa shape index (κ1) is 17.0. The van der Waals surface area contributed by atoms with Gasteiger partial charge in [-0.2, -0.15) is 0 Å². The largest absolute Gasteiger partial charge is 0.304 e. The van der Waals surface area contributed by atoms with E-state index in [1.165, 1.54) is 30.2 Å². The summed E-state index contributed by atoms with van der Waals surface area (Å²) in [4.78, 5) is 5.10. The van der Waals surface area contributed by atoms with Crippen LogP contribution in [0.15, 0.2) is 53.6 Å². The average Bonchev–Trinajstić information content (AvgIpc) is 3.07. The zero-order chi connectivity index (χ0) is 18.3. The molecule has 0 saturated heterocycles. The number of sulfone groups is 1. The molecular formula is C21H22N2O2S. The molecular weight excluding hydrogens is 344 g/mol. The van der Waals surface area contributed by atoms with Gasteiger partial charge in [-0.1, -0.05) is 18.2 Å². The van der Waals surface area contributed by atoms with Crippen LogP contribution in [0.3, 0.4) is 0 Å². The monoisotopic (exact) mass is 366 g/mol. The predicted octanol–water partition coefficient (Wildman–Crippen LogP) is 4.67. The van der Waals surface area contributed by atoms with Gasteiger partial charge in [-0.3, -0.25) is 0 Å². The molecule has 0 amide bonds. The summed E-state index contributed by atoms with van der Waals surface area (Å²) < 4.78 is 25.3. The van der Waals surface area contributed by atoms with Crippen LogP contribution in [0.2, 0.25) is 0 Å². The summed E-state index contributed by atoms with van der Waals surface area (Å²) in [5.41, 5.74) is 6.52. The van der Waals surface area contributed by atoms with E-state index in [0.717, 1.165) is 35.4 Å². The fourth-order valence-electron chi connectivity index (χ4n) is 3.55. The van der Waals surface area contributed by atoms with E-state index in [0.29, 0.717) is 4.90 Å². The van der Waals surface area contributed by atoms with Crippen molar-refractivity contribution in [3.05, 3.63) is 59.9 Å². The number of fused-ring (bicyclic) bond motifs is 1. The maximum Gasteiger partial charge on any atom is 0.175 e. The van der Waals surface area contributed by atoms with E-state index in [1.807, 2.05) is 18.3 Å². The van der Waals surface area contributed by atoms with Gasteiger partial charge < -0.3 is 4.40 Å². The number of allylic oxidation sites excluding steroid dienone is 2. The quantitative estimate of drug-likeness (QED) is 0.677. The number of aryl methyl sites for hydroxylation is 1. The van der Waals surface area contributed by atoms with Crippen LogP contribution >= 0.6 is 0 Å². The highest BCUT2D eigenvalue weighted by molar-refractivity contribution is 7.90. The topological polar surface area (TPSA) is 51.4 Å². The first-order chi connectivity index (χ1) is 12.4. The predicted molar refractivity (Wildman–Crippen MR) is 105 cm³/mol. The van der Waals surface area contributed by atoms with Gasteiger partial charge in [-0.15, -0.1) is 0 Å². The lowest BCUT2D eigenvalue weighted by Gasteiger charge is -2.14. The Bertz CT molecular complexity index is 1110. The van der Waals surface area contributed by atoms with Crippen molar-refractivity contribution >= 4 is 21.1 Å². The van der Waals surface area contributed by atoms with E-state index in [1.54, 1.807) is 12.1 Å².